The molecule has 0 aliphatic rings. The predicted molar refractivity (Wildman–Crippen MR) is 95.0 cm³/mol. The Bertz CT molecular complexity index is 598. The first-order valence-corrected chi connectivity index (χ1v) is 8.26. The Hall–Kier alpha value is -2.19. The number of amides is 1. The van der Waals surface area contributed by atoms with Crippen LogP contribution in [0.25, 0.3) is 0 Å². The molecule has 1 unspecified atom stereocenters. The molecule has 1 aromatic rings. The van der Waals surface area contributed by atoms with Gasteiger partial charge in [0.1, 0.15) is 12.7 Å². The summed E-state index contributed by atoms with van der Waals surface area (Å²) in [5.41, 5.74) is -0.261. The van der Waals surface area contributed by atoms with E-state index < -0.39 is 11.0 Å². The van der Waals surface area contributed by atoms with E-state index in [1.165, 1.54) is 18.2 Å². The Balaban J connectivity index is 2.76. The van der Waals surface area contributed by atoms with Crippen molar-refractivity contribution in [3.63, 3.8) is 0 Å². The number of β-amino-alcohol motifs (C(OH)–C–C–N with tert-alkyl or cyclic N) is 1. The monoisotopic (exact) mass is 353 g/mol. The molecule has 0 aliphatic carbocycles. The van der Waals surface area contributed by atoms with Crippen molar-refractivity contribution in [2.75, 3.05) is 19.7 Å². The zero-order chi connectivity index (χ0) is 19.0. The van der Waals surface area contributed by atoms with Gasteiger partial charge in [0.25, 0.3) is 5.91 Å². The minimum absolute atomic E-state index is 0.0202. The predicted octanol–water partition coefficient (Wildman–Crippen LogP) is 1.86. The summed E-state index contributed by atoms with van der Waals surface area (Å²) in [6.45, 7) is 8.52. The fourth-order valence-electron chi connectivity index (χ4n) is 1.93. The number of nitrogens with one attached hydrogen (secondary N) is 2. The van der Waals surface area contributed by atoms with Gasteiger partial charge in [-0.15, -0.1) is 0 Å². The molecule has 0 radical (unpaired) electrons. The van der Waals surface area contributed by atoms with Gasteiger partial charge < -0.3 is 20.5 Å². The number of aliphatic hydroxyl groups excluding tert-OH is 1. The third-order valence-electron chi connectivity index (χ3n) is 3.25. The number of ether oxygens (including phenoxy) is 1. The Labute approximate surface area is 147 Å². The van der Waals surface area contributed by atoms with Crippen molar-refractivity contribution in [1.29, 1.82) is 0 Å². The fraction of sp³-hybridized carbons (Fsp3) is 0.588. The second-order valence-electron chi connectivity index (χ2n) is 6.79. The molecule has 0 bridgehead atoms. The van der Waals surface area contributed by atoms with Gasteiger partial charge >= 0.3 is 5.69 Å². The highest BCUT2D eigenvalue weighted by atomic mass is 16.6. The normalized spacial score (nSPS) is 12.5. The number of carbonyl (C=O) groups excluding carboxylic acids is 1. The molecular formula is C17H27N3O5. The van der Waals surface area contributed by atoms with Crippen molar-refractivity contribution in [1.82, 2.24) is 10.6 Å². The van der Waals surface area contributed by atoms with Crippen LogP contribution in [0.1, 0.15) is 44.5 Å². The molecule has 3 N–H and O–H groups in total. The van der Waals surface area contributed by atoms with Crippen LogP contribution >= 0.6 is 0 Å². The summed E-state index contributed by atoms with van der Waals surface area (Å²) in [6.07, 6.45) is -0.0402. The number of aliphatic hydroxyl groups is 1. The quantitative estimate of drug-likeness (QED) is 0.461. The van der Waals surface area contributed by atoms with Crippen LogP contribution in [0.2, 0.25) is 0 Å². The van der Waals surface area contributed by atoms with Crippen LogP contribution in [-0.2, 0) is 0 Å². The summed E-state index contributed by atoms with van der Waals surface area (Å²) < 4.78 is 5.38. The molecule has 0 heterocycles. The summed E-state index contributed by atoms with van der Waals surface area (Å²) in [5.74, 6) is -0.349. The molecule has 0 saturated carbocycles. The molecule has 1 rings (SSSR count). The lowest BCUT2D eigenvalue weighted by Crippen LogP contribution is -2.42. The number of rotatable bonds is 9. The summed E-state index contributed by atoms with van der Waals surface area (Å²) in [6, 6.07) is 4.02. The van der Waals surface area contributed by atoms with Gasteiger partial charge in [-0.3, -0.25) is 14.9 Å². The average molecular weight is 353 g/mol. The van der Waals surface area contributed by atoms with E-state index in [1.54, 1.807) is 0 Å². The Morgan fingerprint density at radius 2 is 2.08 bits per heavy atom. The van der Waals surface area contributed by atoms with Crippen LogP contribution < -0.4 is 15.4 Å². The maximum absolute atomic E-state index is 11.9. The molecule has 1 atom stereocenters. The lowest BCUT2D eigenvalue weighted by molar-refractivity contribution is -0.385. The van der Waals surface area contributed by atoms with Gasteiger partial charge in [0, 0.05) is 30.3 Å². The molecule has 8 heteroatoms. The smallest absolute Gasteiger partial charge is 0.311 e. The number of hydrogen-bond acceptors (Lipinski definition) is 6. The topological polar surface area (TPSA) is 114 Å². The summed E-state index contributed by atoms with van der Waals surface area (Å²) >= 11 is 0. The molecule has 0 spiro atoms. The maximum Gasteiger partial charge on any atom is 0.311 e. The minimum atomic E-state index is -0.814. The molecule has 0 aliphatic heterocycles. The van der Waals surface area contributed by atoms with Crippen molar-refractivity contribution >= 4 is 11.6 Å². The molecule has 140 valence electrons. The van der Waals surface area contributed by atoms with Crippen LogP contribution in [0.15, 0.2) is 18.2 Å². The van der Waals surface area contributed by atoms with Gasteiger partial charge in [0.15, 0.2) is 5.75 Å². The standard InChI is InChI=1S/C17H27N3O5/c1-5-8-18-16(22)12-6-7-15(14(9-12)20(23)24)25-11-13(21)10-19-17(2,3)4/h6-7,9,13,19,21H,5,8,10-11H2,1-4H3,(H,18,22). The van der Waals surface area contributed by atoms with Crippen molar-refractivity contribution in [2.45, 2.75) is 45.8 Å². The van der Waals surface area contributed by atoms with E-state index >= 15 is 0 Å². The van der Waals surface area contributed by atoms with Crippen LogP contribution in [0.5, 0.6) is 5.75 Å². The fourth-order valence-corrected chi connectivity index (χ4v) is 1.93. The molecule has 1 aromatic carbocycles. The first kappa shape index (κ1) is 20.9. The minimum Gasteiger partial charge on any atom is -0.484 e. The number of benzene rings is 1. The largest absolute Gasteiger partial charge is 0.484 e. The molecule has 0 aromatic heterocycles. The zero-order valence-electron chi connectivity index (χ0n) is 15.2. The average Bonchev–Trinajstić information content (AvgIpc) is 2.55. The van der Waals surface area contributed by atoms with Crippen LogP contribution in [0, 0.1) is 10.1 Å². The second-order valence-corrected chi connectivity index (χ2v) is 6.79. The highest BCUT2D eigenvalue weighted by Gasteiger charge is 2.20. The van der Waals surface area contributed by atoms with E-state index in [9.17, 15) is 20.0 Å². The molecule has 0 saturated heterocycles. The van der Waals surface area contributed by atoms with Crippen LogP contribution in [-0.4, -0.2) is 47.3 Å². The highest BCUT2D eigenvalue weighted by molar-refractivity contribution is 5.95. The SMILES string of the molecule is CCCNC(=O)c1ccc(OCC(O)CNC(C)(C)C)c([N+](=O)[O-])c1. The summed E-state index contributed by atoms with van der Waals surface area (Å²) in [4.78, 5) is 22.5. The molecule has 8 nitrogen and oxygen atoms in total. The van der Waals surface area contributed by atoms with Crippen LogP contribution in [0.4, 0.5) is 5.69 Å². The Kier molecular flexibility index (Phi) is 7.79. The van der Waals surface area contributed by atoms with E-state index in [2.05, 4.69) is 10.6 Å². The Morgan fingerprint density at radius 1 is 1.40 bits per heavy atom. The summed E-state index contributed by atoms with van der Waals surface area (Å²) in [5, 5.41) is 26.9. The van der Waals surface area contributed by atoms with Gasteiger partial charge in [0.05, 0.1) is 4.92 Å². The van der Waals surface area contributed by atoms with E-state index in [0.717, 1.165) is 6.42 Å². The van der Waals surface area contributed by atoms with Crippen molar-refractivity contribution in [3.05, 3.63) is 33.9 Å². The molecule has 25 heavy (non-hydrogen) atoms. The van der Waals surface area contributed by atoms with E-state index in [0.29, 0.717) is 13.1 Å². The Morgan fingerprint density at radius 3 is 2.64 bits per heavy atom. The van der Waals surface area contributed by atoms with E-state index in [1.807, 2.05) is 27.7 Å². The van der Waals surface area contributed by atoms with Crippen molar-refractivity contribution < 1.29 is 19.6 Å². The second kappa shape index (κ2) is 9.33. The van der Waals surface area contributed by atoms with Gasteiger partial charge in [0.2, 0.25) is 0 Å². The highest BCUT2D eigenvalue weighted by Crippen LogP contribution is 2.28. The van der Waals surface area contributed by atoms with Gasteiger partial charge in [-0.2, -0.15) is 0 Å². The zero-order valence-corrected chi connectivity index (χ0v) is 15.2. The number of hydrogen-bond donors (Lipinski definition) is 3. The maximum atomic E-state index is 11.9. The van der Waals surface area contributed by atoms with E-state index in [4.69, 9.17) is 4.74 Å². The van der Waals surface area contributed by atoms with Gasteiger partial charge in [-0.05, 0) is 39.3 Å². The molecular weight excluding hydrogens is 326 g/mol. The van der Waals surface area contributed by atoms with Crippen LogP contribution in [0.3, 0.4) is 0 Å². The van der Waals surface area contributed by atoms with Gasteiger partial charge in [-0.1, -0.05) is 6.92 Å². The third kappa shape index (κ3) is 7.49. The third-order valence-corrected chi connectivity index (χ3v) is 3.25. The number of nitrogens with zero attached hydrogens (tertiary/aromatic N) is 1. The lowest BCUT2D eigenvalue weighted by atomic mass is 10.1. The summed E-state index contributed by atoms with van der Waals surface area (Å²) in [7, 11) is 0. The molecule has 1 amide bonds. The van der Waals surface area contributed by atoms with E-state index in [-0.39, 0.29) is 35.1 Å². The molecule has 0 fully saturated rings. The van der Waals surface area contributed by atoms with Gasteiger partial charge in [-0.25, -0.2) is 0 Å². The number of carbonyl (C=O) groups is 1. The number of nitro benzene ring substituents is 1. The number of nitro groups is 1. The first-order chi connectivity index (χ1) is 11.6. The first-order valence-electron chi connectivity index (χ1n) is 8.26. The van der Waals surface area contributed by atoms with Crippen molar-refractivity contribution in [2.24, 2.45) is 0 Å². The lowest BCUT2D eigenvalue weighted by Gasteiger charge is -2.22. The van der Waals surface area contributed by atoms with Crippen molar-refractivity contribution in [3.8, 4) is 5.75 Å².